The first-order valence-corrected chi connectivity index (χ1v) is 7.12. The smallest absolute Gasteiger partial charge is 0.273 e. The zero-order chi connectivity index (χ0) is 13.7. The molecule has 2 rings (SSSR count). The first-order valence-electron chi connectivity index (χ1n) is 5.64. The molecule has 19 heavy (non-hydrogen) atoms. The quantitative estimate of drug-likeness (QED) is 0.595. The summed E-state index contributed by atoms with van der Waals surface area (Å²) in [6.45, 7) is 0.882. The van der Waals surface area contributed by atoms with Crippen LogP contribution in [0.3, 0.4) is 0 Å². The Morgan fingerprint density at radius 1 is 1.42 bits per heavy atom. The van der Waals surface area contributed by atoms with Crippen molar-refractivity contribution in [2.75, 3.05) is 6.54 Å². The maximum Gasteiger partial charge on any atom is 0.273 e. The van der Waals surface area contributed by atoms with Gasteiger partial charge in [-0.15, -0.1) is 0 Å². The van der Waals surface area contributed by atoms with Crippen LogP contribution in [0.5, 0.6) is 0 Å². The van der Waals surface area contributed by atoms with Gasteiger partial charge in [-0.05, 0) is 24.6 Å². The maximum absolute atomic E-state index is 11.8. The van der Waals surface area contributed by atoms with Crippen LogP contribution in [0, 0.1) is 0 Å². The largest absolute Gasteiger partial charge is 0.440 e. The van der Waals surface area contributed by atoms with E-state index in [4.69, 9.17) is 4.42 Å². The monoisotopic (exact) mass is 283 g/mol. The first kappa shape index (κ1) is 13.5. The highest BCUT2D eigenvalue weighted by atomic mass is 32.2. The number of hydrogen-bond donors (Lipinski definition) is 1. The van der Waals surface area contributed by atoms with Crippen molar-refractivity contribution in [3.8, 4) is 0 Å². The Bertz CT molecular complexity index is 631. The van der Waals surface area contributed by atoms with Gasteiger partial charge in [-0.1, -0.05) is 0 Å². The number of hydrogen-bond acceptors (Lipinski definition) is 5. The molecule has 8 heteroatoms. The average Bonchev–Trinajstić information content (AvgIpc) is 3.05. The molecule has 0 aliphatic heterocycles. The van der Waals surface area contributed by atoms with E-state index in [1.165, 1.54) is 12.1 Å². The summed E-state index contributed by atoms with van der Waals surface area (Å²) < 4.78 is 32.5. The van der Waals surface area contributed by atoms with Gasteiger partial charge in [-0.25, -0.2) is 13.1 Å². The Balaban J connectivity index is 1.85. The van der Waals surface area contributed by atoms with Gasteiger partial charge in [0.15, 0.2) is 12.0 Å². The minimum Gasteiger partial charge on any atom is -0.440 e. The highest BCUT2D eigenvalue weighted by Crippen LogP contribution is 2.12. The Hall–Kier alpha value is -1.93. The third kappa shape index (κ3) is 3.52. The fourth-order valence-corrected chi connectivity index (χ4v) is 2.50. The van der Waals surface area contributed by atoms with Crippen LogP contribution < -0.4 is 4.72 Å². The summed E-state index contributed by atoms with van der Waals surface area (Å²) in [4.78, 5) is 10.4. The molecule has 0 aliphatic rings. The number of aldehydes is 1. The molecule has 2 aromatic heterocycles. The van der Waals surface area contributed by atoms with E-state index in [9.17, 15) is 13.2 Å². The molecule has 0 radical (unpaired) electrons. The van der Waals surface area contributed by atoms with Crippen LogP contribution in [0.2, 0.25) is 0 Å². The third-order valence-electron chi connectivity index (χ3n) is 2.40. The summed E-state index contributed by atoms with van der Waals surface area (Å²) in [5.41, 5.74) is 0. The van der Waals surface area contributed by atoms with E-state index in [0.29, 0.717) is 19.3 Å². The third-order valence-corrected chi connectivity index (χ3v) is 3.73. The molecule has 0 fully saturated rings. The second-order valence-corrected chi connectivity index (χ2v) is 5.49. The molecule has 102 valence electrons. The van der Waals surface area contributed by atoms with Crippen molar-refractivity contribution in [1.29, 1.82) is 0 Å². The standard InChI is InChI=1S/C11H13N3O4S/c15-9-10-3-4-11(18-10)19(16,17)13-6-2-8-14-7-1-5-12-14/h1,3-5,7,9,13H,2,6,8H2. The van der Waals surface area contributed by atoms with Crippen LogP contribution in [-0.2, 0) is 16.6 Å². The number of aryl methyl sites for hydroxylation is 1. The maximum atomic E-state index is 11.8. The van der Waals surface area contributed by atoms with E-state index >= 15 is 0 Å². The van der Waals surface area contributed by atoms with Crippen molar-refractivity contribution in [3.05, 3.63) is 36.4 Å². The van der Waals surface area contributed by atoms with Crippen molar-refractivity contribution in [3.63, 3.8) is 0 Å². The number of furan rings is 1. The molecule has 2 aromatic rings. The molecular formula is C11H13N3O4S. The second kappa shape index (κ2) is 5.81. The molecule has 7 nitrogen and oxygen atoms in total. The van der Waals surface area contributed by atoms with Crippen molar-refractivity contribution >= 4 is 16.3 Å². The number of rotatable bonds is 7. The molecule has 2 heterocycles. The number of nitrogens with one attached hydrogen (secondary N) is 1. The Morgan fingerprint density at radius 2 is 2.26 bits per heavy atom. The van der Waals surface area contributed by atoms with Gasteiger partial charge >= 0.3 is 0 Å². The minimum atomic E-state index is -3.70. The van der Waals surface area contributed by atoms with Gasteiger partial charge in [0.2, 0.25) is 5.09 Å². The molecule has 0 saturated heterocycles. The van der Waals surface area contributed by atoms with Crippen LogP contribution in [0.25, 0.3) is 0 Å². The number of carbonyl (C=O) groups is 1. The van der Waals surface area contributed by atoms with E-state index < -0.39 is 10.0 Å². The molecule has 0 saturated carbocycles. The van der Waals surface area contributed by atoms with Gasteiger partial charge in [0, 0.05) is 25.5 Å². The number of nitrogens with zero attached hydrogens (tertiary/aromatic N) is 2. The van der Waals surface area contributed by atoms with E-state index in [1.807, 2.05) is 0 Å². The van der Waals surface area contributed by atoms with Crippen LogP contribution in [-0.4, -0.2) is 31.0 Å². The Labute approximate surface area is 110 Å². The summed E-state index contributed by atoms with van der Waals surface area (Å²) >= 11 is 0. The summed E-state index contributed by atoms with van der Waals surface area (Å²) in [5, 5.41) is 3.75. The molecule has 0 aliphatic carbocycles. The summed E-state index contributed by atoms with van der Waals surface area (Å²) in [6, 6.07) is 4.36. The lowest BCUT2D eigenvalue weighted by Gasteiger charge is -2.04. The second-order valence-electron chi connectivity index (χ2n) is 3.80. The molecular weight excluding hydrogens is 270 g/mol. The van der Waals surface area contributed by atoms with Crippen LogP contribution in [0.1, 0.15) is 17.0 Å². The molecule has 0 spiro atoms. The zero-order valence-corrected chi connectivity index (χ0v) is 10.8. The predicted octanol–water partition coefficient (Wildman–Crippen LogP) is 0.657. The van der Waals surface area contributed by atoms with Gasteiger partial charge < -0.3 is 4.42 Å². The molecule has 0 bridgehead atoms. The van der Waals surface area contributed by atoms with E-state index in [1.54, 1.807) is 23.1 Å². The van der Waals surface area contributed by atoms with Crippen LogP contribution >= 0.6 is 0 Å². The van der Waals surface area contributed by atoms with Gasteiger partial charge in [0.25, 0.3) is 10.0 Å². The lowest BCUT2D eigenvalue weighted by Crippen LogP contribution is -2.25. The van der Waals surface area contributed by atoms with Crippen molar-refractivity contribution in [2.45, 2.75) is 18.1 Å². The number of aromatic nitrogens is 2. The van der Waals surface area contributed by atoms with Crippen LogP contribution in [0.15, 0.2) is 40.1 Å². The topological polar surface area (TPSA) is 94.2 Å². The van der Waals surface area contributed by atoms with E-state index in [0.717, 1.165) is 0 Å². The summed E-state index contributed by atoms with van der Waals surface area (Å²) in [7, 11) is -3.70. The van der Waals surface area contributed by atoms with Gasteiger partial charge in [-0.3, -0.25) is 9.48 Å². The summed E-state index contributed by atoms with van der Waals surface area (Å²) in [5.74, 6) is -0.0167. The van der Waals surface area contributed by atoms with Crippen LogP contribution in [0.4, 0.5) is 0 Å². The normalized spacial score (nSPS) is 11.6. The molecule has 0 amide bonds. The zero-order valence-electron chi connectivity index (χ0n) is 10.0. The van der Waals surface area contributed by atoms with Crippen molar-refractivity contribution < 1.29 is 17.6 Å². The molecule has 0 atom stereocenters. The minimum absolute atomic E-state index is 0.0167. The highest BCUT2D eigenvalue weighted by molar-refractivity contribution is 7.89. The highest BCUT2D eigenvalue weighted by Gasteiger charge is 2.17. The van der Waals surface area contributed by atoms with Crippen molar-refractivity contribution in [1.82, 2.24) is 14.5 Å². The Kier molecular flexibility index (Phi) is 4.13. The Morgan fingerprint density at radius 3 is 2.89 bits per heavy atom. The lowest BCUT2D eigenvalue weighted by molar-refractivity contribution is 0.109. The average molecular weight is 283 g/mol. The summed E-state index contributed by atoms with van der Waals surface area (Å²) in [6.07, 6.45) is 4.52. The van der Waals surface area contributed by atoms with E-state index in [-0.39, 0.29) is 17.4 Å². The SMILES string of the molecule is O=Cc1ccc(S(=O)(=O)NCCCn2cccn2)o1. The molecule has 0 aromatic carbocycles. The van der Waals surface area contributed by atoms with Gasteiger partial charge in [-0.2, -0.15) is 5.10 Å². The predicted molar refractivity (Wildman–Crippen MR) is 66.1 cm³/mol. The number of carbonyl (C=O) groups excluding carboxylic acids is 1. The van der Waals surface area contributed by atoms with Gasteiger partial charge in [0.05, 0.1) is 0 Å². The fraction of sp³-hybridized carbons (Fsp3) is 0.273. The molecule has 0 unspecified atom stereocenters. The first-order chi connectivity index (χ1) is 9.12. The molecule has 1 N–H and O–H groups in total. The number of sulfonamides is 1. The van der Waals surface area contributed by atoms with Gasteiger partial charge in [0.1, 0.15) is 0 Å². The van der Waals surface area contributed by atoms with Crippen molar-refractivity contribution in [2.24, 2.45) is 0 Å². The van der Waals surface area contributed by atoms with E-state index in [2.05, 4.69) is 9.82 Å². The lowest BCUT2D eigenvalue weighted by atomic mass is 10.4. The fourth-order valence-electron chi connectivity index (χ4n) is 1.49.